The lowest BCUT2D eigenvalue weighted by molar-refractivity contribution is 0.0111. The number of piperidine rings is 1. The smallest absolute Gasteiger partial charge is 0.0717 e. The van der Waals surface area contributed by atoms with Crippen LogP contribution in [0.25, 0.3) is 10.9 Å². The van der Waals surface area contributed by atoms with Gasteiger partial charge in [0.1, 0.15) is 0 Å². The number of H-pyrrole nitrogens is 1. The molecule has 3 nitrogen and oxygen atoms in total. The standard InChI is InChI=1S/C25H28N2O/c1-2-6-19(7-3-1)17-28-18-22-14-20-10-11-25(22)27(16-20)13-12-21-15-26-24-9-5-4-8-23(21)24/h1-11,15,20,22,25-26H,12-14,16-18H2. The van der Waals surface area contributed by atoms with Gasteiger partial charge < -0.3 is 9.72 Å². The third-order valence-electron chi connectivity index (χ3n) is 6.35. The van der Waals surface area contributed by atoms with Crippen molar-refractivity contribution in [2.24, 2.45) is 11.8 Å². The molecule has 3 heterocycles. The summed E-state index contributed by atoms with van der Waals surface area (Å²) < 4.78 is 6.10. The maximum absolute atomic E-state index is 6.10. The average Bonchev–Trinajstić information content (AvgIpc) is 3.17. The molecule has 6 rings (SSSR count). The van der Waals surface area contributed by atoms with Crippen LogP contribution in [-0.4, -0.2) is 35.6 Å². The summed E-state index contributed by atoms with van der Waals surface area (Å²) in [5.74, 6) is 1.29. The lowest BCUT2D eigenvalue weighted by Gasteiger charge is -2.46. The van der Waals surface area contributed by atoms with Crippen molar-refractivity contribution < 1.29 is 4.74 Å². The van der Waals surface area contributed by atoms with Crippen molar-refractivity contribution >= 4 is 10.9 Å². The van der Waals surface area contributed by atoms with Crippen LogP contribution in [0.1, 0.15) is 17.5 Å². The van der Waals surface area contributed by atoms with E-state index < -0.39 is 0 Å². The monoisotopic (exact) mass is 372 g/mol. The van der Waals surface area contributed by atoms with Gasteiger partial charge in [-0.25, -0.2) is 0 Å². The normalized spacial score (nSPS) is 24.2. The van der Waals surface area contributed by atoms with Gasteiger partial charge in [-0.3, -0.25) is 4.90 Å². The fourth-order valence-electron chi connectivity index (χ4n) is 4.93. The number of ether oxygens (including phenoxy) is 1. The molecule has 1 fully saturated rings. The molecule has 1 aliphatic carbocycles. The lowest BCUT2D eigenvalue weighted by Crippen LogP contribution is -2.52. The Labute approximate surface area is 167 Å². The first kappa shape index (κ1) is 17.7. The molecule has 144 valence electrons. The quantitative estimate of drug-likeness (QED) is 0.603. The van der Waals surface area contributed by atoms with Crippen LogP contribution in [0, 0.1) is 11.8 Å². The zero-order chi connectivity index (χ0) is 18.8. The Hall–Kier alpha value is -2.36. The summed E-state index contributed by atoms with van der Waals surface area (Å²) in [7, 11) is 0. The lowest BCUT2D eigenvalue weighted by atomic mass is 9.78. The Kier molecular flexibility index (Phi) is 5.03. The molecule has 3 unspecified atom stereocenters. The van der Waals surface area contributed by atoms with Crippen molar-refractivity contribution in [2.75, 3.05) is 19.7 Å². The van der Waals surface area contributed by atoms with Crippen molar-refractivity contribution in [1.29, 1.82) is 0 Å². The Bertz CT molecular complexity index is 945. The molecule has 1 N–H and O–H groups in total. The molecule has 0 radical (unpaired) electrons. The Morgan fingerprint density at radius 2 is 1.86 bits per heavy atom. The number of fused-ring (bicyclic) bond motifs is 3. The van der Waals surface area contributed by atoms with Crippen LogP contribution in [0.5, 0.6) is 0 Å². The number of nitrogens with one attached hydrogen (secondary N) is 1. The van der Waals surface area contributed by atoms with Crippen LogP contribution in [-0.2, 0) is 17.8 Å². The second kappa shape index (κ2) is 7.94. The minimum Gasteiger partial charge on any atom is -0.376 e. The van der Waals surface area contributed by atoms with Crippen LogP contribution in [0.4, 0.5) is 0 Å². The molecule has 0 amide bonds. The third-order valence-corrected chi connectivity index (χ3v) is 6.35. The first-order valence-electron chi connectivity index (χ1n) is 10.5. The van der Waals surface area contributed by atoms with Crippen LogP contribution in [0.3, 0.4) is 0 Å². The van der Waals surface area contributed by atoms with E-state index >= 15 is 0 Å². The zero-order valence-electron chi connectivity index (χ0n) is 16.3. The third kappa shape index (κ3) is 3.65. The summed E-state index contributed by atoms with van der Waals surface area (Å²) >= 11 is 0. The molecule has 3 aromatic rings. The number of rotatable bonds is 7. The van der Waals surface area contributed by atoms with Gasteiger partial charge in [0, 0.05) is 42.1 Å². The Morgan fingerprint density at radius 1 is 1.00 bits per heavy atom. The molecule has 1 aromatic heterocycles. The molecule has 0 spiro atoms. The van der Waals surface area contributed by atoms with E-state index in [2.05, 4.69) is 82.8 Å². The predicted octanol–water partition coefficient (Wildman–Crippen LogP) is 4.80. The Morgan fingerprint density at radius 3 is 2.75 bits per heavy atom. The number of benzene rings is 2. The summed E-state index contributed by atoms with van der Waals surface area (Å²) in [5, 5.41) is 1.36. The van der Waals surface area contributed by atoms with Gasteiger partial charge >= 0.3 is 0 Å². The van der Waals surface area contributed by atoms with Crippen molar-refractivity contribution in [2.45, 2.75) is 25.5 Å². The van der Waals surface area contributed by atoms with E-state index in [0.717, 1.165) is 19.6 Å². The van der Waals surface area contributed by atoms with Gasteiger partial charge in [0.15, 0.2) is 0 Å². The van der Waals surface area contributed by atoms with E-state index in [0.29, 0.717) is 24.5 Å². The highest BCUT2D eigenvalue weighted by Crippen LogP contribution is 2.35. The van der Waals surface area contributed by atoms with Crippen LogP contribution in [0.15, 0.2) is 72.9 Å². The SMILES string of the molecule is C1=CC2C(COCc3ccccc3)CC1CN2CCc1c[nH]c2ccccc12. The molecule has 3 heteroatoms. The first-order valence-corrected chi connectivity index (χ1v) is 10.5. The minimum absolute atomic E-state index is 0.519. The fraction of sp³-hybridized carbons (Fsp3) is 0.360. The first-order chi connectivity index (χ1) is 13.9. The van der Waals surface area contributed by atoms with Crippen molar-refractivity contribution in [3.63, 3.8) is 0 Å². The van der Waals surface area contributed by atoms with Gasteiger partial charge in [-0.15, -0.1) is 0 Å². The fourth-order valence-corrected chi connectivity index (χ4v) is 4.93. The zero-order valence-corrected chi connectivity index (χ0v) is 16.3. The molecule has 2 bridgehead atoms. The molecule has 1 saturated heterocycles. The van der Waals surface area contributed by atoms with E-state index in [1.807, 2.05) is 0 Å². The maximum atomic E-state index is 6.10. The van der Waals surface area contributed by atoms with Gasteiger partial charge in [0.05, 0.1) is 13.2 Å². The van der Waals surface area contributed by atoms with E-state index in [1.54, 1.807) is 0 Å². The number of hydrogen-bond acceptors (Lipinski definition) is 2. The summed E-state index contributed by atoms with van der Waals surface area (Å²) in [6.07, 6.45) is 9.41. The van der Waals surface area contributed by atoms with Crippen LogP contribution >= 0.6 is 0 Å². The predicted molar refractivity (Wildman–Crippen MR) is 114 cm³/mol. The highest BCUT2D eigenvalue weighted by Gasteiger charge is 2.37. The molecule has 3 atom stereocenters. The summed E-state index contributed by atoms with van der Waals surface area (Å²) in [6, 6.07) is 19.6. The van der Waals surface area contributed by atoms with E-state index in [4.69, 9.17) is 4.74 Å². The molecule has 3 aliphatic rings. The Balaban J connectivity index is 1.19. The second-order valence-electron chi connectivity index (χ2n) is 8.24. The summed E-state index contributed by atoms with van der Waals surface area (Å²) in [5.41, 5.74) is 3.93. The minimum atomic E-state index is 0.519. The molecule has 28 heavy (non-hydrogen) atoms. The highest BCUT2D eigenvalue weighted by molar-refractivity contribution is 5.83. The second-order valence-corrected chi connectivity index (χ2v) is 8.24. The topological polar surface area (TPSA) is 28.3 Å². The summed E-state index contributed by atoms with van der Waals surface area (Å²) in [6.45, 7) is 3.87. The van der Waals surface area contributed by atoms with Crippen LogP contribution < -0.4 is 0 Å². The van der Waals surface area contributed by atoms with E-state index in [1.165, 1.54) is 35.0 Å². The maximum Gasteiger partial charge on any atom is 0.0717 e. The van der Waals surface area contributed by atoms with Crippen molar-refractivity contribution in [1.82, 2.24) is 9.88 Å². The number of hydrogen-bond donors (Lipinski definition) is 1. The molecule has 0 saturated carbocycles. The van der Waals surface area contributed by atoms with Gasteiger partial charge in [-0.05, 0) is 36.0 Å². The van der Waals surface area contributed by atoms with E-state index in [9.17, 15) is 0 Å². The highest BCUT2D eigenvalue weighted by atomic mass is 16.5. The average molecular weight is 373 g/mol. The van der Waals surface area contributed by atoms with Gasteiger partial charge in [0.2, 0.25) is 0 Å². The number of para-hydroxylation sites is 1. The number of aromatic nitrogens is 1. The van der Waals surface area contributed by atoms with Gasteiger partial charge in [-0.2, -0.15) is 0 Å². The van der Waals surface area contributed by atoms with Gasteiger partial charge in [-0.1, -0.05) is 60.7 Å². The van der Waals surface area contributed by atoms with Crippen LogP contribution in [0.2, 0.25) is 0 Å². The van der Waals surface area contributed by atoms with E-state index in [-0.39, 0.29) is 0 Å². The molecule has 2 aliphatic heterocycles. The van der Waals surface area contributed by atoms with Gasteiger partial charge in [0.25, 0.3) is 0 Å². The summed E-state index contributed by atoms with van der Waals surface area (Å²) in [4.78, 5) is 6.08. The molecular formula is C25H28N2O. The number of aromatic amines is 1. The molecule has 2 aromatic carbocycles. The van der Waals surface area contributed by atoms with Crippen molar-refractivity contribution in [3.05, 3.63) is 84.1 Å². The largest absolute Gasteiger partial charge is 0.376 e. The molecular weight excluding hydrogens is 344 g/mol. The number of nitrogens with zero attached hydrogens (tertiary/aromatic N) is 1. The van der Waals surface area contributed by atoms with Crippen molar-refractivity contribution in [3.8, 4) is 0 Å².